The fourth-order valence-corrected chi connectivity index (χ4v) is 1.72. The lowest BCUT2D eigenvalue weighted by Gasteiger charge is -2.37. The second-order valence-electron chi connectivity index (χ2n) is 3.85. The Hall–Kier alpha value is -0.840. The summed E-state index contributed by atoms with van der Waals surface area (Å²) in [6.07, 6.45) is 0. The average Bonchev–Trinajstić information content (AvgIpc) is 1.97. The minimum Gasteiger partial charge on any atom is -0.341 e. The molecule has 1 heterocycles. The summed E-state index contributed by atoms with van der Waals surface area (Å²) in [7, 11) is 0. The van der Waals surface area contributed by atoms with E-state index in [0.29, 0.717) is 11.0 Å². The molecule has 1 aliphatic heterocycles. The van der Waals surface area contributed by atoms with Gasteiger partial charge in [-0.05, 0) is 13.8 Å². The molecule has 1 aliphatic rings. The lowest BCUT2D eigenvalue weighted by molar-refractivity contribution is -0.147. The zero-order valence-electron chi connectivity index (χ0n) is 8.26. The number of nitrogens with one attached hydrogen (secondary N) is 1. The number of nitrogens with zero attached hydrogens (tertiary/aromatic N) is 1. The van der Waals surface area contributed by atoms with E-state index in [0.717, 1.165) is 0 Å². The van der Waals surface area contributed by atoms with Crippen molar-refractivity contribution in [3.63, 3.8) is 0 Å². The monoisotopic (exact) mass is 260 g/mol. The van der Waals surface area contributed by atoms with Crippen LogP contribution in [0, 0.1) is 0 Å². The van der Waals surface area contributed by atoms with E-state index in [-0.39, 0.29) is 18.4 Å². The molecule has 78 valence electrons. The standard InChI is InChI=1S/C9H13BrN2O2/c1-6(10)4-12-5-7(13)11-9(2,3)8(12)14/h1,4-5H2,2-3H3,(H,11,13). The van der Waals surface area contributed by atoms with E-state index in [1.54, 1.807) is 13.8 Å². The molecule has 0 aromatic heterocycles. The van der Waals surface area contributed by atoms with Crippen molar-refractivity contribution in [3.8, 4) is 0 Å². The van der Waals surface area contributed by atoms with E-state index in [4.69, 9.17) is 0 Å². The maximum atomic E-state index is 11.8. The SMILES string of the molecule is C=C(Br)CN1CC(=O)NC(C)(C)C1=O. The Morgan fingerprint density at radius 3 is 2.71 bits per heavy atom. The highest BCUT2D eigenvalue weighted by Crippen LogP contribution is 2.15. The summed E-state index contributed by atoms with van der Waals surface area (Å²) in [6.45, 7) is 7.50. The van der Waals surface area contributed by atoms with Crippen molar-refractivity contribution in [1.82, 2.24) is 10.2 Å². The Morgan fingerprint density at radius 2 is 2.21 bits per heavy atom. The fraction of sp³-hybridized carbons (Fsp3) is 0.556. The maximum absolute atomic E-state index is 11.8. The van der Waals surface area contributed by atoms with Gasteiger partial charge in [0.1, 0.15) is 5.54 Å². The fourth-order valence-electron chi connectivity index (χ4n) is 1.42. The number of piperazine rings is 1. The molecule has 0 unspecified atom stereocenters. The third-order valence-corrected chi connectivity index (χ3v) is 2.22. The lowest BCUT2D eigenvalue weighted by atomic mass is 10.0. The first-order valence-corrected chi connectivity index (χ1v) is 5.06. The van der Waals surface area contributed by atoms with Crippen LogP contribution in [0.1, 0.15) is 13.8 Å². The van der Waals surface area contributed by atoms with Gasteiger partial charge in [0.05, 0.1) is 13.1 Å². The van der Waals surface area contributed by atoms with Crippen LogP contribution in [0.25, 0.3) is 0 Å². The smallest absolute Gasteiger partial charge is 0.248 e. The highest BCUT2D eigenvalue weighted by molar-refractivity contribution is 9.11. The van der Waals surface area contributed by atoms with Gasteiger partial charge >= 0.3 is 0 Å². The third kappa shape index (κ3) is 2.35. The summed E-state index contributed by atoms with van der Waals surface area (Å²) >= 11 is 3.17. The molecule has 1 fully saturated rings. The average molecular weight is 261 g/mol. The number of carbonyl (C=O) groups excluding carboxylic acids is 2. The lowest BCUT2D eigenvalue weighted by Crippen LogP contribution is -2.63. The molecule has 14 heavy (non-hydrogen) atoms. The quantitative estimate of drug-likeness (QED) is 0.792. The van der Waals surface area contributed by atoms with Gasteiger partial charge in [-0.1, -0.05) is 22.5 Å². The molecule has 5 heteroatoms. The number of halogens is 1. The van der Waals surface area contributed by atoms with Gasteiger partial charge in [0.2, 0.25) is 11.8 Å². The maximum Gasteiger partial charge on any atom is 0.248 e. The summed E-state index contributed by atoms with van der Waals surface area (Å²) in [4.78, 5) is 24.5. The van der Waals surface area contributed by atoms with Crippen LogP contribution in [-0.4, -0.2) is 35.3 Å². The summed E-state index contributed by atoms with van der Waals surface area (Å²) in [6, 6.07) is 0. The van der Waals surface area contributed by atoms with Crippen LogP contribution in [-0.2, 0) is 9.59 Å². The number of carbonyl (C=O) groups is 2. The minimum absolute atomic E-state index is 0.0855. The molecule has 0 bridgehead atoms. The van der Waals surface area contributed by atoms with Crippen molar-refractivity contribution in [1.29, 1.82) is 0 Å². The second kappa shape index (κ2) is 3.73. The van der Waals surface area contributed by atoms with E-state index in [1.807, 2.05) is 0 Å². The normalized spacial score (nSPS) is 20.6. The van der Waals surface area contributed by atoms with Crippen molar-refractivity contribution >= 4 is 27.7 Å². The second-order valence-corrected chi connectivity index (χ2v) is 4.97. The Balaban J connectivity index is 2.81. The predicted octanol–water partition coefficient (Wildman–Crippen LogP) is 0.632. The molecule has 0 aromatic rings. The van der Waals surface area contributed by atoms with Crippen LogP contribution in [0.4, 0.5) is 0 Å². The number of rotatable bonds is 2. The van der Waals surface area contributed by atoms with Crippen LogP contribution in [0.15, 0.2) is 11.1 Å². The van der Waals surface area contributed by atoms with Crippen LogP contribution in [0.3, 0.4) is 0 Å². The zero-order chi connectivity index (χ0) is 10.9. The number of hydrogen-bond acceptors (Lipinski definition) is 2. The highest BCUT2D eigenvalue weighted by Gasteiger charge is 2.38. The van der Waals surface area contributed by atoms with Gasteiger partial charge in [-0.25, -0.2) is 0 Å². The van der Waals surface area contributed by atoms with E-state index >= 15 is 0 Å². The van der Waals surface area contributed by atoms with Crippen LogP contribution in [0.2, 0.25) is 0 Å². The van der Waals surface area contributed by atoms with Gasteiger partial charge in [0, 0.05) is 4.48 Å². The summed E-state index contributed by atoms with van der Waals surface area (Å²) in [5, 5.41) is 2.63. The minimum atomic E-state index is -0.808. The van der Waals surface area contributed by atoms with Crippen molar-refractivity contribution in [2.24, 2.45) is 0 Å². The summed E-state index contributed by atoms with van der Waals surface area (Å²) in [5.41, 5.74) is -0.808. The molecular weight excluding hydrogens is 248 g/mol. The topological polar surface area (TPSA) is 49.4 Å². The molecule has 1 rings (SSSR count). The number of hydrogen-bond donors (Lipinski definition) is 1. The van der Waals surface area contributed by atoms with Crippen LogP contribution < -0.4 is 5.32 Å². The Morgan fingerprint density at radius 1 is 1.64 bits per heavy atom. The molecule has 0 aliphatic carbocycles. The largest absolute Gasteiger partial charge is 0.341 e. The van der Waals surface area contributed by atoms with Gasteiger partial charge < -0.3 is 10.2 Å². The first-order valence-electron chi connectivity index (χ1n) is 4.26. The molecule has 0 atom stereocenters. The molecule has 0 aromatic carbocycles. The molecule has 2 amide bonds. The molecule has 0 spiro atoms. The Labute approximate surface area is 91.5 Å². The molecule has 0 radical (unpaired) electrons. The first-order chi connectivity index (χ1) is 6.33. The molecule has 4 nitrogen and oxygen atoms in total. The Kier molecular flexibility index (Phi) is 2.99. The third-order valence-electron chi connectivity index (χ3n) is 1.97. The van der Waals surface area contributed by atoms with Crippen molar-refractivity contribution < 1.29 is 9.59 Å². The predicted molar refractivity (Wildman–Crippen MR) is 56.9 cm³/mol. The van der Waals surface area contributed by atoms with Crippen LogP contribution >= 0.6 is 15.9 Å². The molecule has 1 N–H and O–H groups in total. The van der Waals surface area contributed by atoms with Gasteiger partial charge in [-0.3, -0.25) is 9.59 Å². The molecule has 1 saturated heterocycles. The Bertz CT molecular complexity index is 297. The van der Waals surface area contributed by atoms with E-state index in [9.17, 15) is 9.59 Å². The first kappa shape index (κ1) is 11.2. The van der Waals surface area contributed by atoms with E-state index in [2.05, 4.69) is 27.8 Å². The van der Waals surface area contributed by atoms with Crippen LogP contribution in [0.5, 0.6) is 0 Å². The van der Waals surface area contributed by atoms with Gasteiger partial charge in [-0.2, -0.15) is 0 Å². The van der Waals surface area contributed by atoms with Crippen molar-refractivity contribution in [2.75, 3.05) is 13.1 Å². The molecule has 0 saturated carbocycles. The summed E-state index contributed by atoms with van der Waals surface area (Å²) < 4.78 is 0.691. The zero-order valence-corrected chi connectivity index (χ0v) is 9.85. The van der Waals surface area contributed by atoms with E-state index in [1.165, 1.54) is 4.90 Å². The van der Waals surface area contributed by atoms with Crippen molar-refractivity contribution in [2.45, 2.75) is 19.4 Å². The van der Waals surface area contributed by atoms with Gasteiger partial charge in [0.25, 0.3) is 0 Å². The van der Waals surface area contributed by atoms with Crippen molar-refractivity contribution in [3.05, 3.63) is 11.1 Å². The van der Waals surface area contributed by atoms with E-state index < -0.39 is 5.54 Å². The highest BCUT2D eigenvalue weighted by atomic mass is 79.9. The molecular formula is C9H13BrN2O2. The summed E-state index contributed by atoms with van der Waals surface area (Å²) in [5.74, 6) is -0.221. The van der Waals surface area contributed by atoms with Gasteiger partial charge in [0.15, 0.2) is 0 Å². The number of amides is 2. The van der Waals surface area contributed by atoms with Gasteiger partial charge in [-0.15, -0.1) is 0 Å².